The second-order valence-electron chi connectivity index (χ2n) is 4.52. The predicted octanol–water partition coefficient (Wildman–Crippen LogP) is 0.890. The number of hydrogen-bond acceptors (Lipinski definition) is 4. The lowest BCUT2D eigenvalue weighted by molar-refractivity contribution is 0.500. The van der Waals surface area contributed by atoms with E-state index in [1.54, 1.807) is 11.7 Å². The molecule has 7 heteroatoms. The Morgan fingerprint density at radius 1 is 1.35 bits per heavy atom. The van der Waals surface area contributed by atoms with Crippen LogP contribution in [-0.4, -0.2) is 27.8 Å². The van der Waals surface area contributed by atoms with E-state index in [0.717, 1.165) is 22.9 Å². The highest BCUT2D eigenvalue weighted by atomic mass is 16.3. The van der Waals surface area contributed by atoms with Crippen LogP contribution in [0.25, 0.3) is 0 Å². The van der Waals surface area contributed by atoms with Crippen molar-refractivity contribution in [2.24, 2.45) is 12.0 Å². The van der Waals surface area contributed by atoms with Gasteiger partial charge in [0.15, 0.2) is 5.96 Å². The fraction of sp³-hybridized carbons (Fsp3) is 0.462. The predicted molar refractivity (Wildman–Crippen MR) is 76.2 cm³/mol. The molecule has 2 aromatic rings. The van der Waals surface area contributed by atoms with Crippen LogP contribution in [0.3, 0.4) is 0 Å². The van der Waals surface area contributed by atoms with Gasteiger partial charge in [-0.05, 0) is 19.9 Å². The summed E-state index contributed by atoms with van der Waals surface area (Å²) in [7, 11) is 3.59. The van der Waals surface area contributed by atoms with Gasteiger partial charge >= 0.3 is 0 Å². The van der Waals surface area contributed by atoms with Crippen molar-refractivity contribution in [1.29, 1.82) is 0 Å². The van der Waals surface area contributed by atoms with Gasteiger partial charge < -0.3 is 15.1 Å². The summed E-state index contributed by atoms with van der Waals surface area (Å²) in [4.78, 5) is 8.32. The molecule has 0 unspecified atom stereocenters. The largest absolute Gasteiger partial charge is 0.466 e. The van der Waals surface area contributed by atoms with Crippen molar-refractivity contribution >= 4 is 5.96 Å². The van der Waals surface area contributed by atoms with E-state index in [2.05, 4.69) is 25.7 Å². The van der Waals surface area contributed by atoms with E-state index >= 15 is 0 Å². The SMILES string of the molecule is CN=C(NCc1cc(C)oc1C)NCc1ncnn1C. The van der Waals surface area contributed by atoms with E-state index in [9.17, 15) is 0 Å². The number of furan rings is 1. The first-order valence-corrected chi connectivity index (χ1v) is 6.43. The summed E-state index contributed by atoms with van der Waals surface area (Å²) in [6, 6.07) is 2.03. The highest BCUT2D eigenvalue weighted by Gasteiger charge is 2.06. The van der Waals surface area contributed by atoms with Gasteiger partial charge in [0, 0.05) is 26.2 Å². The van der Waals surface area contributed by atoms with Crippen LogP contribution < -0.4 is 10.6 Å². The Morgan fingerprint density at radius 2 is 2.10 bits per heavy atom. The number of aryl methyl sites for hydroxylation is 3. The smallest absolute Gasteiger partial charge is 0.191 e. The molecule has 7 nitrogen and oxygen atoms in total. The van der Waals surface area contributed by atoms with Gasteiger partial charge in [0.2, 0.25) is 0 Å². The van der Waals surface area contributed by atoms with Gasteiger partial charge in [-0.2, -0.15) is 5.10 Å². The van der Waals surface area contributed by atoms with Crippen LogP contribution in [0.5, 0.6) is 0 Å². The lowest BCUT2D eigenvalue weighted by Crippen LogP contribution is -2.37. The summed E-state index contributed by atoms with van der Waals surface area (Å²) < 4.78 is 7.22. The fourth-order valence-electron chi connectivity index (χ4n) is 1.90. The molecule has 0 aliphatic rings. The third-order valence-electron chi connectivity index (χ3n) is 3.03. The number of aromatic nitrogens is 3. The van der Waals surface area contributed by atoms with Crippen molar-refractivity contribution in [2.75, 3.05) is 7.05 Å². The zero-order valence-corrected chi connectivity index (χ0v) is 12.3. The molecule has 2 N–H and O–H groups in total. The number of nitrogens with zero attached hydrogens (tertiary/aromatic N) is 4. The molecule has 0 aliphatic carbocycles. The maximum absolute atomic E-state index is 5.49. The Hall–Kier alpha value is -2.31. The second kappa shape index (κ2) is 6.23. The molecule has 20 heavy (non-hydrogen) atoms. The summed E-state index contributed by atoms with van der Waals surface area (Å²) in [6.45, 7) is 5.14. The summed E-state index contributed by atoms with van der Waals surface area (Å²) in [5.74, 6) is 3.41. The standard InChI is InChI=1S/C13H20N6O/c1-9-5-11(10(2)20-9)6-15-13(14-3)16-7-12-17-8-18-19(12)4/h5,8H,6-7H2,1-4H3,(H2,14,15,16). The van der Waals surface area contributed by atoms with Crippen LogP contribution in [0.15, 0.2) is 21.8 Å². The van der Waals surface area contributed by atoms with E-state index in [-0.39, 0.29) is 0 Å². The molecule has 0 fully saturated rings. The van der Waals surface area contributed by atoms with Gasteiger partial charge in [0.05, 0.1) is 6.54 Å². The highest BCUT2D eigenvalue weighted by Crippen LogP contribution is 2.12. The van der Waals surface area contributed by atoms with Gasteiger partial charge in [-0.3, -0.25) is 9.67 Å². The number of rotatable bonds is 4. The molecule has 0 spiro atoms. The third-order valence-corrected chi connectivity index (χ3v) is 3.03. The first-order chi connectivity index (χ1) is 9.60. The number of hydrogen-bond donors (Lipinski definition) is 2. The number of aliphatic imine (C=N–C) groups is 1. The molecule has 0 bridgehead atoms. The topological polar surface area (TPSA) is 80.3 Å². The summed E-state index contributed by atoms with van der Waals surface area (Å²) in [6.07, 6.45) is 1.53. The lowest BCUT2D eigenvalue weighted by Gasteiger charge is -2.11. The zero-order valence-electron chi connectivity index (χ0n) is 12.3. The van der Waals surface area contributed by atoms with Gasteiger partial charge in [0.1, 0.15) is 23.7 Å². The minimum atomic E-state index is 0.569. The minimum Gasteiger partial charge on any atom is -0.466 e. The van der Waals surface area contributed by atoms with E-state index in [0.29, 0.717) is 19.0 Å². The van der Waals surface area contributed by atoms with E-state index in [1.807, 2.05) is 27.0 Å². The number of nitrogens with one attached hydrogen (secondary N) is 2. The van der Waals surface area contributed by atoms with Gasteiger partial charge in [0.25, 0.3) is 0 Å². The monoisotopic (exact) mass is 276 g/mol. The van der Waals surface area contributed by atoms with E-state index in [4.69, 9.17) is 4.42 Å². The van der Waals surface area contributed by atoms with Crippen molar-refractivity contribution in [1.82, 2.24) is 25.4 Å². The molecule has 2 rings (SSSR count). The summed E-state index contributed by atoms with van der Waals surface area (Å²) in [5, 5.41) is 10.5. The second-order valence-corrected chi connectivity index (χ2v) is 4.52. The van der Waals surface area contributed by atoms with Crippen LogP contribution in [-0.2, 0) is 20.1 Å². The molecule has 0 atom stereocenters. The van der Waals surface area contributed by atoms with Crippen molar-refractivity contribution in [2.45, 2.75) is 26.9 Å². The Labute approximate surface area is 118 Å². The van der Waals surface area contributed by atoms with Crippen LogP contribution in [0, 0.1) is 13.8 Å². The maximum atomic E-state index is 5.49. The molecule has 0 saturated heterocycles. The van der Waals surface area contributed by atoms with Crippen molar-refractivity contribution < 1.29 is 4.42 Å². The molecular formula is C13H20N6O. The quantitative estimate of drug-likeness (QED) is 0.640. The lowest BCUT2D eigenvalue weighted by atomic mass is 10.2. The molecule has 2 heterocycles. The van der Waals surface area contributed by atoms with Gasteiger partial charge in [-0.25, -0.2) is 4.98 Å². The summed E-state index contributed by atoms with van der Waals surface area (Å²) >= 11 is 0. The van der Waals surface area contributed by atoms with E-state index < -0.39 is 0 Å². The Morgan fingerprint density at radius 3 is 2.65 bits per heavy atom. The first kappa shape index (κ1) is 14.1. The van der Waals surface area contributed by atoms with Crippen LogP contribution >= 0.6 is 0 Å². The van der Waals surface area contributed by atoms with Gasteiger partial charge in [-0.1, -0.05) is 0 Å². The molecule has 0 aromatic carbocycles. The zero-order chi connectivity index (χ0) is 14.5. The average Bonchev–Trinajstić information content (AvgIpc) is 2.96. The molecule has 0 radical (unpaired) electrons. The highest BCUT2D eigenvalue weighted by molar-refractivity contribution is 5.79. The van der Waals surface area contributed by atoms with Gasteiger partial charge in [-0.15, -0.1) is 0 Å². The molecule has 2 aromatic heterocycles. The molecule has 0 saturated carbocycles. The normalized spacial score (nSPS) is 11.7. The summed E-state index contributed by atoms with van der Waals surface area (Å²) in [5.41, 5.74) is 1.13. The van der Waals surface area contributed by atoms with Crippen molar-refractivity contribution in [3.05, 3.63) is 35.3 Å². The Bertz CT molecular complexity index is 598. The fourth-order valence-corrected chi connectivity index (χ4v) is 1.90. The average molecular weight is 276 g/mol. The van der Waals surface area contributed by atoms with Crippen LogP contribution in [0.2, 0.25) is 0 Å². The van der Waals surface area contributed by atoms with Crippen molar-refractivity contribution in [3.63, 3.8) is 0 Å². The van der Waals surface area contributed by atoms with E-state index in [1.165, 1.54) is 6.33 Å². The van der Waals surface area contributed by atoms with Crippen molar-refractivity contribution in [3.8, 4) is 0 Å². The third kappa shape index (κ3) is 3.37. The molecule has 0 aliphatic heterocycles. The molecular weight excluding hydrogens is 256 g/mol. The first-order valence-electron chi connectivity index (χ1n) is 6.43. The Kier molecular flexibility index (Phi) is 4.39. The maximum Gasteiger partial charge on any atom is 0.191 e. The minimum absolute atomic E-state index is 0.569. The van der Waals surface area contributed by atoms with Crippen LogP contribution in [0.4, 0.5) is 0 Å². The Balaban J connectivity index is 1.87. The molecule has 108 valence electrons. The van der Waals surface area contributed by atoms with Crippen LogP contribution in [0.1, 0.15) is 22.9 Å². The number of guanidine groups is 1. The molecule has 0 amide bonds.